The van der Waals surface area contributed by atoms with Crippen LogP contribution < -0.4 is 5.32 Å². The highest BCUT2D eigenvalue weighted by atomic mass is 32.2. The first-order valence-corrected chi connectivity index (χ1v) is 6.28. The van der Waals surface area contributed by atoms with Crippen molar-refractivity contribution < 1.29 is 9.53 Å². The van der Waals surface area contributed by atoms with Crippen LogP contribution in [0.4, 0.5) is 0 Å². The summed E-state index contributed by atoms with van der Waals surface area (Å²) in [5, 5.41) is 3.45. The molecule has 0 aliphatic carbocycles. The van der Waals surface area contributed by atoms with Gasteiger partial charge in [-0.05, 0) is 25.5 Å². The fraction of sp³-hybridized carbons (Fsp3) is 0.900. The van der Waals surface area contributed by atoms with Gasteiger partial charge in [0.2, 0.25) is 5.91 Å². The predicted octanol–water partition coefficient (Wildman–Crippen LogP) is 1.18. The van der Waals surface area contributed by atoms with Crippen LogP contribution in [0, 0.1) is 0 Å². The summed E-state index contributed by atoms with van der Waals surface area (Å²) in [5.41, 5.74) is -0.140. The standard InChI is InChI=1S/C10H17NO2S/c1-10(7-11-9(12)6-13-10)8-4-2-3-5-14-8/h8H,2-7H2,1H3,(H,11,12). The highest BCUT2D eigenvalue weighted by Crippen LogP contribution is 2.35. The third-order valence-corrected chi connectivity index (χ3v) is 4.69. The zero-order valence-corrected chi connectivity index (χ0v) is 9.36. The highest BCUT2D eigenvalue weighted by Gasteiger charge is 2.39. The van der Waals surface area contributed by atoms with E-state index in [9.17, 15) is 4.79 Å². The summed E-state index contributed by atoms with van der Waals surface area (Å²) in [7, 11) is 0. The Morgan fingerprint density at radius 1 is 1.57 bits per heavy atom. The number of ether oxygens (including phenoxy) is 1. The van der Waals surface area contributed by atoms with Crippen molar-refractivity contribution in [2.75, 3.05) is 18.9 Å². The van der Waals surface area contributed by atoms with Crippen molar-refractivity contribution in [1.82, 2.24) is 5.32 Å². The number of nitrogens with one attached hydrogen (secondary N) is 1. The fourth-order valence-electron chi connectivity index (χ4n) is 2.04. The molecule has 2 atom stereocenters. The van der Waals surface area contributed by atoms with E-state index in [1.54, 1.807) is 0 Å². The molecule has 14 heavy (non-hydrogen) atoms. The molecule has 80 valence electrons. The van der Waals surface area contributed by atoms with E-state index in [1.807, 2.05) is 11.8 Å². The van der Waals surface area contributed by atoms with E-state index in [1.165, 1.54) is 25.0 Å². The van der Waals surface area contributed by atoms with E-state index < -0.39 is 0 Å². The summed E-state index contributed by atoms with van der Waals surface area (Å²) >= 11 is 1.99. The van der Waals surface area contributed by atoms with Gasteiger partial charge in [-0.25, -0.2) is 0 Å². The van der Waals surface area contributed by atoms with Crippen molar-refractivity contribution in [2.24, 2.45) is 0 Å². The fourth-order valence-corrected chi connectivity index (χ4v) is 3.53. The number of hydrogen-bond acceptors (Lipinski definition) is 3. The van der Waals surface area contributed by atoms with Crippen molar-refractivity contribution in [2.45, 2.75) is 37.0 Å². The van der Waals surface area contributed by atoms with E-state index >= 15 is 0 Å². The SMILES string of the molecule is CC1(C2CCCCS2)CNC(=O)CO1. The van der Waals surface area contributed by atoms with E-state index in [0.29, 0.717) is 11.8 Å². The smallest absolute Gasteiger partial charge is 0.246 e. The van der Waals surface area contributed by atoms with Gasteiger partial charge >= 0.3 is 0 Å². The van der Waals surface area contributed by atoms with Crippen LogP contribution in [0.5, 0.6) is 0 Å². The Morgan fingerprint density at radius 3 is 3.00 bits per heavy atom. The van der Waals surface area contributed by atoms with Crippen LogP contribution in [0.2, 0.25) is 0 Å². The molecule has 2 fully saturated rings. The van der Waals surface area contributed by atoms with Crippen LogP contribution in [-0.2, 0) is 9.53 Å². The molecule has 2 aliphatic heterocycles. The van der Waals surface area contributed by atoms with E-state index in [0.717, 1.165) is 0 Å². The number of carbonyl (C=O) groups excluding carboxylic acids is 1. The van der Waals surface area contributed by atoms with Crippen LogP contribution >= 0.6 is 11.8 Å². The molecule has 2 rings (SSSR count). The number of morpholine rings is 1. The lowest BCUT2D eigenvalue weighted by atomic mass is 9.95. The maximum absolute atomic E-state index is 11.0. The second kappa shape index (κ2) is 4.11. The van der Waals surface area contributed by atoms with Gasteiger partial charge in [-0.2, -0.15) is 11.8 Å². The number of carbonyl (C=O) groups is 1. The molecule has 0 bridgehead atoms. The van der Waals surface area contributed by atoms with Crippen LogP contribution in [-0.4, -0.2) is 35.7 Å². The first kappa shape index (κ1) is 10.3. The van der Waals surface area contributed by atoms with E-state index in [2.05, 4.69) is 12.2 Å². The Kier molecular flexibility index (Phi) is 3.02. The number of amides is 1. The molecule has 0 aromatic rings. The molecular formula is C10H17NO2S. The maximum Gasteiger partial charge on any atom is 0.246 e. The Labute approximate surface area is 89.0 Å². The second-order valence-corrected chi connectivity index (χ2v) is 5.54. The number of thioether (sulfide) groups is 1. The quantitative estimate of drug-likeness (QED) is 0.714. The first-order chi connectivity index (χ1) is 6.71. The molecule has 2 aliphatic rings. The van der Waals surface area contributed by atoms with Gasteiger partial charge in [0.15, 0.2) is 0 Å². The summed E-state index contributed by atoms with van der Waals surface area (Å²) in [6.45, 7) is 3.02. The lowest BCUT2D eigenvalue weighted by Gasteiger charge is -2.41. The van der Waals surface area contributed by atoms with Gasteiger partial charge in [-0.1, -0.05) is 6.42 Å². The largest absolute Gasteiger partial charge is 0.362 e. The van der Waals surface area contributed by atoms with Gasteiger partial charge in [0, 0.05) is 11.8 Å². The molecular weight excluding hydrogens is 198 g/mol. The van der Waals surface area contributed by atoms with Crippen LogP contribution in [0.15, 0.2) is 0 Å². The zero-order valence-electron chi connectivity index (χ0n) is 8.54. The summed E-state index contributed by atoms with van der Waals surface area (Å²) in [5.74, 6) is 1.25. The Bertz CT molecular complexity index is 216. The molecule has 0 radical (unpaired) electrons. The molecule has 3 nitrogen and oxygen atoms in total. The van der Waals surface area contributed by atoms with Crippen LogP contribution in [0.1, 0.15) is 26.2 Å². The topological polar surface area (TPSA) is 38.3 Å². The van der Waals surface area contributed by atoms with Crippen molar-refractivity contribution in [1.29, 1.82) is 0 Å². The monoisotopic (exact) mass is 215 g/mol. The molecule has 0 aromatic carbocycles. The van der Waals surface area contributed by atoms with Gasteiger partial charge in [0.05, 0.1) is 5.60 Å². The average Bonchev–Trinajstić information content (AvgIpc) is 2.24. The highest BCUT2D eigenvalue weighted by molar-refractivity contribution is 8.00. The van der Waals surface area contributed by atoms with Crippen molar-refractivity contribution in [3.63, 3.8) is 0 Å². The van der Waals surface area contributed by atoms with Gasteiger partial charge in [0.1, 0.15) is 6.61 Å². The molecule has 4 heteroatoms. The third-order valence-electron chi connectivity index (χ3n) is 3.03. The molecule has 1 amide bonds. The number of hydrogen-bond donors (Lipinski definition) is 1. The zero-order chi connectivity index (χ0) is 10.0. The number of rotatable bonds is 1. The van der Waals surface area contributed by atoms with Crippen molar-refractivity contribution in [3.8, 4) is 0 Å². The van der Waals surface area contributed by atoms with Crippen molar-refractivity contribution in [3.05, 3.63) is 0 Å². The summed E-state index contributed by atoms with van der Waals surface area (Å²) in [4.78, 5) is 11.0. The van der Waals surface area contributed by atoms with Crippen LogP contribution in [0.25, 0.3) is 0 Å². The van der Waals surface area contributed by atoms with E-state index in [-0.39, 0.29) is 18.1 Å². The average molecular weight is 215 g/mol. The minimum atomic E-state index is -0.140. The summed E-state index contributed by atoms with van der Waals surface area (Å²) in [6, 6.07) is 0. The normalized spacial score (nSPS) is 39.2. The first-order valence-electron chi connectivity index (χ1n) is 5.23. The van der Waals surface area contributed by atoms with Gasteiger partial charge in [-0.3, -0.25) is 4.79 Å². The van der Waals surface area contributed by atoms with E-state index in [4.69, 9.17) is 4.74 Å². The molecule has 2 saturated heterocycles. The molecule has 0 aromatic heterocycles. The molecule has 0 spiro atoms. The molecule has 1 N–H and O–H groups in total. The van der Waals surface area contributed by atoms with Crippen molar-refractivity contribution >= 4 is 17.7 Å². The molecule has 2 unspecified atom stereocenters. The lowest BCUT2D eigenvalue weighted by Crippen LogP contribution is -2.56. The van der Waals surface area contributed by atoms with Gasteiger partial charge < -0.3 is 10.1 Å². The maximum atomic E-state index is 11.0. The minimum absolute atomic E-state index is 0.0169. The minimum Gasteiger partial charge on any atom is -0.362 e. The third kappa shape index (κ3) is 2.06. The molecule has 0 saturated carbocycles. The second-order valence-electron chi connectivity index (χ2n) is 4.23. The Morgan fingerprint density at radius 2 is 2.43 bits per heavy atom. The van der Waals surface area contributed by atoms with Gasteiger partial charge in [-0.15, -0.1) is 0 Å². The lowest BCUT2D eigenvalue weighted by molar-refractivity contribution is -0.141. The molecule has 2 heterocycles. The summed E-state index contributed by atoms with van der Waals surface area (Å²) < 4.78 is 5.68. The Hall–Kier alpha value is -0.220. The van der Waals surface area contributed by atoms with Crippen LogP contribution in [0.3, 0.4) is 0 Å². The Balaban J connectivity index is 1.96. The summed E-state index contributed by atoms with van der Waals surface area (Å²) in [6.07, 6.45) is 3.84. The predicted molar refractivity (Wildman–Crippen MR) is 57.5 cm³/mol. The van der Waals surface area contributed by atoms with Gasteiger partial charge in [0.25, 0.3) is 0 Å².